The molecule has 0 atom stereocenters. The Hall–Kier alpha value is -1.64. The van der Waals surface area contributed by atoms with Gasteiger partial charge in [0.15, 0.2) is 0 Å². The molecule has 6 nitrogen and oxygen atoms in total. The second-order valence-electron chi connectivity index (χ2n) is 5.02. The van der Waals surface area contributed by atoms with Crippen molar-refractivity contribution in [2.45, 2.75) is 24.3 Å². The molecule has 0 unspecified atom stereocenters. The standard InChI is InChI=1S/C14H16N2O4S2/c17-14(15-9-11-4-3-7-20-11)13-8-12(10-21-13)22(18,19)16-5-1-2-6-16/h3-4,7-8,10H,1-2,5-6,9H2,(H,15,17). The summed E-state index contributed by atoms with van der Waals surface area (Å²) in [5.74, 6) is 0.346. The van der Waals surface area contributed by atoms with Crippen LogP contribution >= 0.6 is 11.3 Å². The number of carbonyl (C=O) groups excluding carboxylic acids is 1. The maximum absolute atomic E-state index is 12.4. The molecule has 1 aliphatic heterocycles. The van der Waals surface area contributed by atoms with Crippen molar-refractivity contribution in [3.05, 3.63) is 40.5 Å². The Morgan fingerprint density at radius 2 is 2.14 bits per heavy atom. The van der Waals surface area contributed by atoms with E-state index >= 15 is 0 Å². The summed E-state index contributed by atoms with van der Waals surface area (Å²) in [4.78, 5) is 12.6. The molecule has 118 valence electrons. The van der Waals surface area contributed by atoms with Crippen LogP contribution in [0.15, 0.2) is 39.2 Å². The molecule has 2 aromatic heterocycles. The van der Waals surface area contributed by atoms with Gasteiger partial charge in [-0.1, -0.05) is 0 Å². The number of rotatable bonds is 5. The lowest BCUT2D eigenvalue weighted by atomic mass is 10.4. The van der Waals surface area contributed by atoms with E-state index < -0.39 is 10.0 Å². The maximum atomic E-state index is 12.4. The first-order chi connectivity index (χ1) is 10.6. The van der Waals surface area contributed by atoms with Gasteiger partial charge < -0.3 is 9.73 Å². The quantitative estimate of drug-likeness (QED) is 0.903. The summed E-state index contributed by atoms with van der Waals surface area (Å²) >= 11 is 1.13. The van der Waals surface area contributed by atoms with Crippen LogP contribution in [0.4, 0.5) is 0 Å². The van der Waals surface area contributed by atoms with Crippen molar-refractivity contribution in [3.63, 3.8) is 0 Å². The van der Waals surface area contributed by atoms with Crippen LogP contribution in [-0.2, 0) is 16.6 Å². The van der Waals surface area contributed by atoms with E-state index in [-0.39, 0.29) is 17.3 Å². The Bertz CT molecular complexity index is 744. The lowest BCUT2D eigenvalue weighted by Crippen LogP contribution is -2.27. The van der Waals surface area contributed by atoms with E-state index in [2.05, 4.69) is 5.32 Å². The number of carbonyl (C=O) groups is 1. The Morgan fingerprint density at radius 3 is 2.82 bits per heavy atom. The van der Waals surface area contributed by atoms with Crippen LogP contribution in [-0.4, -0.2) is 31.7 Å². The third-order valence-electron chi connectivity index (χ3n) is 3.51. The van der Waals surface area contributed by atoms with Crippen LogP contribution in [0.1, 0.15) is 28.3 Å². The predicted octanol–water partition coefficient (Wildman–Crippen LogP) is 2.06. The fourth-order valence-electron chi connectivity index (χ4n) is 2.32. The summed E-state index contributed by atoms with van der Waals surface area (Å²) < 4.78 is 31.4. The molecule has 1 N–H and O–H groups in total. The van der Waals surface area contributed by atoms with Crippen LogP contribution in [0.5, 0.6) is 0 Å². The van der Waals surface area contributed by atoms with E-state index in [1.165, 1.54) is 22.0 Å². The van der Waals surface area contributed by atoms with Crippen molar-refractivity contribution in [2.75, 3.05) is 13.1 Å². The highest BCUT2D eigenvalue weighted by Gasteiger charge is 2.28. The van der Waals surface area contributed by atoms with Gasteiger partial charge in [0.2, 0.25) is 10.0 Å². The maximum Gasteiger partial charge on any atom is 0.261 e. The second kappa shape index (κ2) is 6.23. The third-order valence-corrected chi connectivity index (χ3v) is 6.46. The van der Waals surface area contributed by atoms with Gasteiger partial charge in [0, 0.05) is 18.5 Å². The summed E-state index contributed by atoms with van der Waals surface area (Å²) in [6.45, 7) is 1.38. The van der Waals surface area contributed by atoms with Crippen molar-refractivity contribution in [2.24, 2.45) is 0 Å². The molecule has 1 amide bonds. The van der Waals surface area contributed by atoms with Gasteiger partial charge in [0.25, 0.3) is 5.91 Å². The van der Waals surface area contributed by atoms with E-state index in [1.807, 2.05) is 0 Å². The molecular weight excluding hydrogens is 324 g/mol. The minimum absolute atomic E-state index is 0.197. The van der Waals surface area contributed by atoms with Crippen molar-refractivity contribution in [1.82, 2.24) is 9.62 Å². The average Bonchev–Trinajstić information content (AvgIpc) is 3.27. The van der Waals surface area contributed by atoms with Crippen LogP contribution in [0.25, 0.3) is 0 Å². The summed E-state index contributed by atoms with van der Waals surface area (Å²) in [6.07, 6.45) is 3.31. The Morgan fingerprint density at radius 1 is 1.36 bits per heavy atom. The summed E-state index contributed by atoms with van der Waals surface area (Å²) in [5.41, 5.74) is 0. The molecule has 3 rings (SSSR count). The first-order valence-electron chi connectivity index (χ1n) is 6.96. The highest BCUT2D eigenvalue weighted by atomic mass is 32.2. The molecule has 1 fully saturated rings. The van der Waals surface area contributed by atoms with Gasteiger partial charge in [0.1, 0.15) is 5.76 Å². The molecule has 22 heavy (non-hydrogen) atoms. The number of hydrogen-bond donors (Lipinski definition) is 1. The molecule has 0 spiro atoms. The zero-order valence-electron chi connectivity index (χ0n) is 11.8. The minimum atomic E-state index is -3.46. The average molecular weight is 340 g/mol. The number of hydrogen-bond acceptors (Lipinski definition) is 5. The lowest BCUT2D eigenvalue weighted by Gasteiger charge is -2.13. The van der Waals surface area contributed by atoms with E-state index in [0.717, 1.165) is 24.2 Å². The van der Waals surface area contributed by atoms with Crippen LogP contribution in [0.2, 0.25) is 0 Å². The highest BCUT2D eigenvalue weighted by Crippen LogP contribution is 2.25. The summed E-state index contributed by atoms with van der Waals surface area (Å²) in [7, 11) is -3.46. The van der Waals surface area contributed by atoms with E-state index in [9.17, 15) is 13.2 Å². The van der Waals surface area contributed by atoms with E-state index in [0.29, 0.717) is 23.7 Å². The largest absolute Gasteiger partial charge is 0.467 e. The van der Waals surface area contributed by atoms with Crippen molar-refractivity contribution in [1.29, 1.82) is 0 Å². The first kappa shape index (κ1) is 15.3. The van der Waals surface area contributed by atoms with Crippen LogP contribution in [0, 0.1) is 0 Å². The molecule has 1 saturated heterocycles. The lowest BCUT2D eigenvalue weighted by molar-refractivity contribution is 0.0952. The molecule has 2 aromatic rings. The number of amides is 1. The Kier molecular flexibility index (Phi) is 4.32. The molecule has 8 heteroatoms. The zero-order chi connectivity index (χ0) is 15.6. The number of nitrogens with zero attached hydrogens (tertiary/aromatic N) is 1. The Balaban J connectivity index is 1.69. The zero-order valence-corrected chi connectivity index (χ0v) is 13.5. The van der Waals surface area contributed by atoms with E-state index in [1.54, 1.807) is 12.1 Å². The van der Waals surface area contributed by atoms with Gasteiger partial charge >= 0.3 is 0 Å². The smallest absolute Gasteiger partial charge is 0.261 e. The topological polar surface area (TPSA) is 79.6 Å². The number of thiophene rings is 1. The van der Waals surface area contributed by atoms with Crippen molar-refractivity contribution < 1.29 is 17.6 Å². The van der Waals surface area contributed by atoms with Gasteiger partial charge in [-0.2, -0.15) is 4.31 Å². The molecule has 0 aliphatic carbocycles. The second-order valence-corrected chi connectivity index (χ2v) is 7.87. The van der Waals surface area contributed by atoms with Crippen molar-refractivity contribution in [3.8, 4) is 0 Å². The molecule has 3 heterocycles. The fraction of sp³-hybridized carbons (Fsp3) is 0.357. The highest BCUT2D eigenvalue weighted by molar-refractivity contribution is 7.89. The molecule has 0 saturated carbocycles. The van der Waals surface area contributed by atoms with Crippen LogP contribution < -0.4 is 5.32 Å². The number of sulfonamides is 1. The number of nitrogens with one attached hydrogen (secondary N) is 1. The molecule has 0 aromatic carbocycles. The van der Waals surface area contributed by atoms with Gasteiger partial charge in [0.05, 0.1) is 22.6 Å². The van der Waals surface area contributed by atoms with Crippen LogP contribution in [0.3, 0.4) is 0 Å². The number of furan rings is 1. The molecular formula is C14H16N2O4S2. The third kappa shape index (κ3) is 3.08. The van der Waals surface area contributed by atoms with Gasteiger partial charge in [-0.25, -0.2) is 8.42 Å². The van der Waals surface area contributed by atoms with E-state index in [4.69, 9.17) is 4.42 Å². The SMILES string of the molecule is O=C(NCc1ccco1)c1cc(S(=O)(=O)N2CCCC2)cs1. The van der Waals surface area contributed by atoms with Gasteiger partial charge in [-0.05, 0) is 31.0 Å². The molecule has 0 bridgehead atoms. The van der Waals surface area contributed by atoms with Gasteiger partial charge in [-0.15, -0.1) is 11.3 Å². The predicted molar refractivity (Wildman–Crippen MR) is 82.2 cm³/mol. The van der Waals surface area contributed by atoms with Crippen molar-refractivity contribution >= 4 is 27.3 Å². The summed E-state index contributed by atoms with van der Waals surface area (Å²) in [5, 5.41) is 4.23. The molecule has 1 aliphatic rings. The van der Waals surface area contributed by atoms with Gasteiger partial charge in [-0.3, -0.25) is 4.79 Å². The normalized spacial score (nSPS) is 16.0. The Labute approximate surface area is 132 Å². The first-order valence-corrected chi connectivity index (χ1v) is 9.28. The monoisotopic (exact) mass is 340 g/mol. The minimum Gasteiger partial charge on any atom is -0.467 e. The molecule has 0 radical (unpaired) electrons. The summed E-state index contributed by atoms with van der Waals surface area (Å²) in [6, 6.07) is 4.95. The fourth-order valence-corrected chi connectivity index (χ4v) is 5.01.